The molecule has 0 saturated carbocycles. The minimum absolute atomic E-state index is 0. The van der Waals surface area contributed by atoms with Crippen LogP contribution in [0.25, 0.3) is 0 Å². The SMILES string of the molecule is CC[CH2][Sn+2][CH2]CC.[S-2]. The third kappa shape index (κ3) is 10.2. The minimum Gasteiger partial charge on any atom is -2.00 e. The first-order valence-electron chi connectivity index (χ1n) is 3.12. The Balaban J connectivity index is 0. The molecule has 0 saturated heterocycles. The van der Waals surface area contributed by atoms with E-state index in [4.69, 9.17) is 0 Å². The normalized spacial score (nSPS) is 7.25. The first-order valence-corrected chi connectivity index (χ1v) is 7.16. The third-order valence-corrected chi connectivity index (χ3v) is 5.73. The number of hydrogen-bond donors (Lipinski definition) is 0. The standard InChI is InChI=1S/2C3H7.S.Sn/c2*1-3-2;;/h2*1,3H2,2H3;;/q;;-2;+2. The molecule has 0 aliphatic heterocycles. The fourth-order valence-electron chi connectivity index (χ4n) is 0.479. The van der Waals surface area contributed by atoms with Gasteiger partial charge in [-0.25, -0.2) is 0 Å². The molecule has 0 fully saturated rings. The fraction of sp³-hybridized carbons (Fsp3) is 1.00. The smallest absolute Gasteiger partial charge is 2.00 e. The van der Waals surface area contributed by atoms with Crippen LogP contribution in [-0.4, -0.2) is 21.1 Å². The van der Waals surface area contributed by atoms with Gasteiger partial charge in [0.1, 0.15) is 0 Å². The summed E-state index contributed by atoms with van der Waals surface area (Å²) >= 11 is 0.181. The molecular weight excluding hydrogens is 223 g/mol. The zero-order valence-electron chi connectivity index (χ0n) is 5.74. The van der Waals surface area contributed by atoms with Gasteiger partial charge in [0.15, 0.2) is 0 Å². The summed E-state index contributed by atoms with van der Waals surface area (Å²) in [5.74, 6) is 0. The van der Waals surface area contributed by atoms with Crippen molar-refractivity contribution in [2.45, 2.75) is 35.6 Å². The van der Waals surface area contributed by atoms with E-state index in [1.54, 1.807) is 8.87 Å². The summed E-state index contributed by atoms with van der Waals surface area (Å²) in [6, 6.07) is 0. The number of hydrogen-bond acceptors (Lipinski definition) is 0. The predicted molar refractivity (Wildman–Crippen MR) is 43.3 cm³/mol. The van der Waals surface area contributed by atoms with Crippen LogP contribution in [0.1, 0.15) is 26.7 Å². The Morgan fingerprint density at radius 2 is 1.38 bits per heavy atom. The molecule has 0 unspecified atom stereocenters. The Kier molecular flexibility index (Phi) is 16.4. The Bertz CT molecular complexity index is 27.7. The first-order chi connectivity index (χ1) is 3.41. The van der Waals surface area contributed by atoms with E-state index < -0.39 is 0 Å². The van der Waals surface area contributed by atoms with Gasteiger partial charge in [-0.15, -0.1) is 0 Å². The minimum atomic E-state index is 0. The average Bonchev–Trinajstić information content (AvgIpc) is 1.69. The van der Waals surface area contributed by atoms with Crippen LogP contribution in [0.4, 0.5) is 0 Å². The van der Waals surface area contributed by atoms with Crippen LogP contribution in [0.15, 0.2) is 0 Å². The van der Waals surface area contributed by atoms with Crippen molar-refractivity contribution in [2.24, 2.45) is 0 Å². The van der Waals surface area contributed by atoms with Crippen molar-refractivity contribution in [3.05, 3.63) is 0 Å². The van der Waals surface area contributed by atoms with E-state index in [1.165, 1.54) is 12.8 Å². The molecule has 0 nitrogen and oxygen atoms in total. The van der Waals surface area contributed by atoms with Gasteiger partial charge in [0, 0.05) is 0 Å². The van der Waals surface area contributed by atoms with Crippen LogP contribution < -0.4 is 0 Å². The van der Waals surface area contributed by atoms with Crippen LogP contribution in [0.5, 0.6) is 0 Å². The molecule has 0 spiro atoms. The van der Waals surface area contributed by atoms with E-state index in [1.807, 2.05) is 0 Å². The second kappa shape index (κ2) is 11.0. The van der Waals surface area contributed by atoms with Gasteiger partial charge in [0.05, 0.1) is 0 Å². The molecule has 8 heavy (non-hydrogen) atoms. The summed E-state index contributed by atoms with van der Waals surface area (Å²) in [5.41, 5.74) is 0. The molecule has 2 heteroatoms. The second-order valence-corrected chi connectivity index (χ2v) is 6.03. The molecule has 0 aliphatic rings. The van der Waals surface area contributed by atoms with E-state index in [-0.39, 0.29) is 34.6 Å². The van der Waals surface area contributed by atoms with Crippen molar-refractivity contribution in [3.8, 4) is 0 Å². The summed E-state index contributed by atoms with van der Waals surface area (Å²) in [6.07, 6.45) is 2.87. The van der Waals surface area contributed by atoms with Gasteiger partial charge in [-0.2, -0.15) is 0 Å². The molecule has 0 aliphatic carbocycles. The van der Waals surface area contributed by atoms with Crippen LogP contribution >= 0.6 is 0 Å². The van der Waals surface area contributed by atoms with Gasteiger partial charge >= 0.3 is 56.7 Å². The van der Waals surface area contributed by atoms with Gasteiger partial charge in [0.2, 0.25) is 0 Å². The molecule has 0 aromatic rings. The maximum Gasteiger partial charge on any atom is -2.00 e. The summed E-state index contributed by atoms with van der Waals surface area (Å²) < 4.78 is 3.19. The molecule has 0 bridgehead atoms. The van der Waals surface area contributed by atoms with Crippen molar-refractivity contribution < 1.29 is 0 Å². The summed E-state index contributed by atoms with van der Waals surface area (Å²) in [4.78, 5) is 0. The van der Waals surface area contributed by atoms with E-state index in [0.717, 1.165) is 0 Å². The van der Waals surface area contributed by atoms with Gasteiger partial charge < -0.3 is 13.5 Å². The van der Waals surface area contributed by atoms with E-state index in [9.17, 15) is 0 Å². The monoisotopic (exact) mass is 238 g/mol. The van der Waals surface area contributed by atoms with Crippen molar-refractivity contribution in [1.82, 2.24) is 0 Å². The molecule has 48 valence electrons. The van der Waals surface area contributed by atoms with Crippen LogP contribution in [0.3, 0.4) is 0 Å². The Morgan fingerprint density at radius 1 is 1.00 bits per heavy atom. The summed E-state index contributed by atoms with van der Waals surface area (Å²) in [7, 11) is 0. The molecule has 0 N–H and O–H groups in total. The second-order valence-electron chi connectivity index (χ2n) is 1.75. The summed E-state index contributed by atoms with van der Waals surface area (Å²) in [6.45, 7) is 4.58. The van der Waals surface area contributed by atoms with Crippen LogP contribution in [-0.2, 0) is 13.5 Å². The molecule has 0 aromatic carbocycles. The molecule has 0 rings (SSSR count). The third-order valence-electron chi connectivity index (χ3n) is 0.854. The predicted octanol–water partition coefficient (Wildman–Crippen LogP) is 2.34. The zero-order chi connectivity index (χ0) is 5.54. The topological polar surface area (TPSA) is 0 Å². The van der Waals surface area contributed by atoms with Crippen LogP contribution in [0, 0.1) is 0 Å². The maximum absolute atomic E-state index is 2.29. The van der Waals surface area contributed by atoms with E-state index in [0.29, 0.717) is 0 Å². The van der Waals surface area contributed by atoms with Crippen molar-refractivity contribution in [2.75, 3.05) is 0 Å². The van der Waals surface area contributed by atoms with Crippen molar-refractivity contribution in [1.29, 1.82) is 0 Å². The summed E-state index contributed by atoms with van der Waals surface area (Å²) in [5, 5.41) is 0. The molecule has 0 aromatic heterocycles. The van der Waals surface area contributed by atoms with Gasteiger partial charge in [-0.05, 0) is 0 Å². The Labute approximate surface area is 70.1 Å². The van der Waals surface area contributed by atoms with Crippen molar-refractivity contribution in [3.63, 3.8) is 0 Å². The van der Waals surface area contributed by atoms with Crippen molar-refractivity contribution >= 4 is 34.6 Å². The largest absolute Gasteiger partial charge is 2.00 e. The zero-order valence-corrected chi connectivity index (χ0v) is 9.41. The van der Waals surface area contributed by atoms with Gasteiger partial charge in [-0.3, -0.25) is 0 Å². The Morgan fingerprint density at radius 3 is 1.62 bits per heavy atom. The first kappa shape index (κ1) is 11.9. The van der Waals surface area contributed by atoms with Crippen LogP contribution in [0.2, 0.25) is 8.87 Å². The molecule has 0 amide bonds. The molecule has 0 atom stereocenters. The van der Waals surface area contributed by atoms with Gasteiger partial charge in [0.25, 0.3) is 0 Å². The number of rotatable bonds is 4. The average molecular weight is 237 g/mol. The maximum atomic E-state index is 2.29. The molecule has 0 radical (unpaired) electrons. The van der Waals surface area contributed by atoms with Gasteiger partial charge in [-0.1, -0.05) is 0 Å². The van der Waals surface area contributed by atoms with E-state index in [2.05, 4.69) is 13.8 Å². The van der Waals surface area contributed by atoms with E-state index >= 15 is 0 Å². The quantitative estimate of drug-likeness (QED) is 0.520. The molecular formula is C6H14SSn. The molecule has 0 heterocycles. The Hall–Kier alpha value is 1.15. The fourth-order valence-corrected chi connectivity index (χ4v) is 3.21.